The van der Waals surface area contributed by atoms with Gasteiger partial charge >= 0.3 is 5.97 Å². The second-order valence-electron chi connectivity index (χ2n) is 7.34. The van der Waals surface area contributed by atoms with Gasteiger partial charge in [0.25, 0.3) is 0 Å². The SMILES string of the molecule is C=CCO/N=C(/C(=O)O)c1csc(NC(c2ccccc2)(c2ccccc2)c2ccccc2)n1. The van der Waals surface area contributed by atoms with E-state index in [9.17, 15) is 9.90 Å². The molecule has 0 aliphatic heterocycles. The summed E-state index contributed by atoms with van der Waals surface area (Å²) in [6, 6.07) is 30.3. The fraction of sp³-hybridized carbons (Fsp3) is 0.0741. The largest absolute Gasteiger partial charge is 0.476 e. The van der Waals surface area contributed by atoms with Gasteiger partial charge in [-0.1, -0.05) is 109 Å². The van der Waals surface area contributed by atoms with E-state index in [0.717, 1.165) is 16.7 Å². The number of benzene rings is 3. The van der Waals surface area contributed by atoms with E-state index < -0.39 is 11.5 Å². The molecule has 0 saturated carbocycles. The molecule has 4 aromatic rings. The smallest absolute Gasteiger partial charge is 0.360 e. The molecule has 6 nitrogen and oxygen atoms in total. The van der Waals surface area contributed by atoms with E-state index in [4.69, 9.17) is 4.84 Å². The van der Waals surface area contributed by atoms with Crippen molar-refractivity contribution in [1.29, 1.82) is 0 Å². The van der Waals surface area contributed by atoms with Crippen LogP contribution in [-0.2, 0) is 15.2 Å². The van der Waals surface area contributed by atoms with E-state index in [1.165, 1.54) is 17.4 Å². The number of aromatic nitrogens is 1. The molecule has 2 N–H and O–H groups in total. The Morgan fingerprint density at radius 2 is 1.47 bits per heavy atom. The van der Waals surface area contributed by atoms with Gasteiger partial charge in [0.1, 0.15) is 17.8 Å². The molecule has 0 saturated heterocycles. The van der Waals surface area contributed by atoms with E-state index in [0.29, 0.717) is 5.13 Å². The van der Waals surface area contributed by atoms with Crippen molar-refractivity contribution in [1.82, 2.24) is 4.98 Å². The minimum absolute atomic E-state index is 0.102. The summed E-state index contributed by atoms with van der Waals surface area (Å²) in [7, 11) is 0. The van der Waals surface area contributed by atoms with E-state index in [1.54, 1.807) is 5.38 Å². The molecule has 3 aromatic carbocycles. The molecule has 0 unspecified atom stereocenters. The average molecular weight is 470 g/mol. The van der Waals surface area contributed by atoms with Crippen LogP contribution in [0.4, 0.5) is 5.13 Å². The minimum Gasteiger partial charge on any atom is -0.476 e. The fourth-order valence-corrected chi connectivity index (χ4v) is 4.48. The average Bonchev–Trinajstić information content (AvgIpc) is 3.34. The first kappa shape index (κ1) is 22.9. The van der Waals surface area contributed by atoms with Gasteiger partial charge in [0.15, 0.2) is 5.13 Å². The Morgan fingerprint density at radius 1 is 0.971 bits per heavy atom. The van der Waals surface area contributed by atoms with Crippen LogP contribution >= 0.6 is 11.3 Å². The molecule has 34 heavy (non-hydrogen) atoms. The highest BCUT2D eigenvalue weighted by molar-refractivity contribution is 7.14. The van der Waals surface area contributed by atoms with Crippen molar-refractivity contribution in [2.75, 3.05) is 11.9 Å². The summed E-state index contributed by atoms with van der Waals surface area (Å²) in [4.78, 5) is 21.3. The highest BCUT2D eigenvalue weighted by Crippen LogP contribution is 2.40. The Balaban J connectivity index is 1.84. The van der Waals surface area contributed by atoms with Gasteiger partial charge in [-0.05, 0) is 16.7 Å². The van der Waals surface area contributed by atoms with Gasteiger partial charge in [0.05, 0.1) is 0 Å². The number of anilines is 1. The molecule has 4 rings (SSSR count). The van der Waals surface area contributed by atoms with Crippen molar-refractivity contribution >= 4 is 28.1 Å². The first-order chi connectivity index (χ1) is 16.6. The third-order valence-corrected chi connectivity index (χ3v) is 5.97. The van der Waals surface area contributed by atoms with Crippen LogP contribution in [0.3, 0.4) is 0 Å². The Kier molecular flexibility index (Phi) is 7.15. The topological polar surface area (TPSA) is 83.8 Å². The highest BCUT2D eigenvalue weighted by Gasteiger charge is 2.37. The molecule has 0 radical (unpaired) electrons. The molecule has 0 aliphatic carbocycles. The van der Waals surface area contributed by atoms with E-state index >= 15 is 0 Å². The van der Waals surface area contributed by atoms with Crippen LogP contribution in [0.5, 0.6) is 0 Å². The lowest BCUT2D eigenvalue weighted by atomic mass is 9.77. The number of carboxylic acid groups (broad SMARTS) is 1. The first-order valence-corrected chi connectivity index (χ1v) is 11.5. The van der Waals surface area contributed by atoms with Crippen molar-refractivity contribution in [3.8, 4) is 0 Å². The third-order valence-electron chi connectivity index (χ3n) is 5.21. The molecule has 7 heteroatoms. The van der Waals surface area contributed by atoms with Crippen LogP contribution in [0.1, 0.15) is 22.4 Å². The van der Waals surface area contributed by atoms with Gasteiger partial charge in [-0.15, -0.1) is 11.3 Å². The van der Waals surface area contributed by atoms with Gasteiger partial charge in [0.2, 0.25) is 5.71 Å². The molecule has 1 aromatic heterocycles. The summed E-state index contributed by atoms with van der Waals surface area (Å²) < 4.78 is 0. The molecular weight excluding hydrogens is 446 g/mol. The molecule has 0 aliphatic rings. The second-order valence-corrected chi connectivity index (χ2v) is 8.20. The van der Waals surface area contributed by atoms with Crippen molar-refractivity contribution in [2.45, 2.75) is 5.54 Å². The predicted molar refractivity (Wildman–Crippen MR) is 135 cm³/mol. The third kappa shape index (κ3) is 4.74. The van der Waals surface area contributed by atoms with E-state index in [2.05, 4.69) is 58.4 Å². The number of nitrogens with zero attached hydrogens (tertiary/aromatic N) is 2. The number of hydrogen-bond donors (Lipinski definition) is 2. The Labute approximate surface area is 201 Å². The Bertz CT molecular complexity index is 1180. The number of aliphatic carboxylic acids is 1. The standard InChI is InChI=1S/C27H23N3O3S/c1-2-18-33-30-24(25(31)32)23-19-34-26(28-23)29-27(20-12-6-3-7-13-20,21-14-8-4-9-15-21)22-16-10-5-11-17-22/h2-17,19H,1,18H2,(H,28,29)(H,31,32)/b30-24+. The molecule has 170 valence electrons. The zero-order valence-electron chi connectivity index (χ0n) is 18.3. The molecule has 0 bridgehead atoms. The number of oxime groups is 1. The van der Waals surface area contributed by atoms with Crippen molar-refractivity contribution in [3.63, 3.8) is 0 Å². The summed E-state index contributed by atoms with van der Waals surface area (Å²) in [6.45, 7) is 3.64. The van der Waals surface area contributed by atoms with Gasteiger partial charge in [0, 0.05) is 5.38 Å². The number of carbonyl (C=O) groups is 1. The Hall–Kier alpha value is -4.23. The Morgan fingerprint density at radius 3 is 1.91 bits per heavy atom. The molecular formula is C27H23N3O3S. The lowest BCUT2D eigenvalue weighted by Gasteiger charge is -2.36. The number of carboxylic acids is 1. The van der Waals surface area contributed by atoms with Crippen LogP contribution in [0.15, 0.2) is 114 Å². The van der Waals surface area contributed by atoms with Crippen LogP contribution in [0.25, 0.3) is 0 Å². The van der Waals surface area contributed by atoms with Gasteiger partial charge in [-0.2, -0.15) is 0 Å². The van der Waals surface area contributed by atoms with E-state index in [-0.39, 0.29) is 18.0 Å². The normalized spacial score (nSPS) is 11.6. The lowest BCUT2D eigenvalue weighted by Crippen LogP contribution is -2.38. The van der Waals surface area contributed by atoms with Crippen LogP contribution in [-0.4, -0.2) is 28.4 Å². The highest BCUT2D eigenvalue weighted by atomic mass is 32.1. The number of hydrogen-bond acceptors (Lipinski definition) is 6. The minimum atomic E-state index is -1.22. The number of thiazole rings is 1. The summed E-state index contributed by atoms with van der Waals surface area (Å²) in [6.07, 6.45) is 1.49. The monoisotopic (exact) mass is 469 g/mol. The zero-order valence-corrected chi connectivity index (χ0v) is 19.1. The van der Waals surface area contributed by atoms with Crippen molar-refractivity contribution < 1.29 is 14.7 Å². The molecule has 0 amide bonds. The van der Waals surface area contributed by atoms with Crippen LogP contribution in [0.2, 0.25) is 0 Å². The fourth-order valence-electron chi connectivity index (χ4n) is 3.73. The van der Waals surface area contributed by atoms with Gasteiger partial charge < -0.3 is 15.3 Å². The van der Waals surface area contributed by atoms with Crippen LogP contribution < -0.4 is 5.32 Å². The summed E-state index contributed by atoms with van der Waals surface area (Å²) in [5, 5.41) is 19.2. The quantitative estimate of drug-likeness (QED) is 0.105. The maximum absolute atomic E-state index is 11.8. The number of rotatable bonds is 10. The van der Waals surface area contributed by atoms with Crippen molar-refractivity contribution in [3.05, 3.63) is 131 Å². The summed E-state index contributed by atoms with van der Waals surface area (Å²) in [5.41, 5.74) is 2.24. The first-order valence-electron chi connectivity index (χ1n) is 10.6. The van der Waals surface area contributed by atoms with Gasteiger partial charge in [-0.3, -0.25) is 0 Å². The molecule has 0 spiro atoms. The van der Waals surface area contributed by atoms with Crippen LogP contribution in [0, 0.1) is 0 Å². The maximum atomic E-state index is 11.8. The number of nitrogens with one attached hydrogen (secondary N) is 1. The predicted octanol–water partition coefficient (Wildman–Crippen LogP) is 5.54. The zero-order chi connectivity index (χ0) is 23.8. The second kappa shape index (κ2) is 10.6. The van der Waals surface area contributed by atoms with Gasteiger partial charge in [-0.25, -0.2) is 9.78 Å². The molecule has 1 heterocycles. The molecule has 0 fully saturated rings. The van der Waals surface area contributed by atoms with Crippen molar-refractivity contribution in [2.24, 2.45) is 5.16 Å². The van der Waals surface area contributed by atoms with E-state index in [1.807, 2.05) is 54.6 Å². The summed E-state index contributed by atoms with van der Waals surface area (Å²) in [5.74, 6) is -1.22. The molecule has 0 atom stereocenters. The summed E-state index contributed by atoms with van der Waals surface area (Å²) >= 11 is 1.30. The lowest BCUT2D eigenvalue weighted by molar-refractivity contribution is -0.129. The maximum Gasteiger partial charge on any atom is 0.360 e.